The number of hydrogen-bond acceptors (Lipinski definition) is 3. The molecule has 0 unspecified atom stereocenters. The molecule has 0 saturated carbocycles. The maximum absolute atomic E-state index is 12.9. The second-order valence-electron chi connectivity index (χ2n) is 7.44. The smallest absolute Gasteiger partial charge is 0.167 e. The van der Waals surface area contributed by atoms with Crippen LogP contribution < -0.4 is 0 Å². The van der Waals surface area contributed by atoms with Gasteiger partial charge in [-0.3, -0.25) is 4.79 Å². The van der Waals surface area contributed by atoms with Crippen molar-refractivity contribution in [2.75, 3.05) is 0 Å². The van der Waals surface area contributed by atoms with E-state index in [1.807, 2.05) is 109 Å². The van der Waals surface area contributed by atoms with Crippen molar-refractivity contribution in [1.29, 1.82) is 0 Å². The molecule has 0 atom stereocenters. The van der Waals surface area contributed by atoms with Gasteiger partial charge in [0.25, 0.3) is 0 Å². The minimum absolute atomic E-state index is 0.0725. The lowest BCUT2D eigenvalue weighted by molar-refractivity contribution is 0.0993. The largest absolute Gasteiger partial charge is 0.294 e. The number of benzene rings is 4. The van der Waals surface area contributed by atoms with Gasteiger partial charge in [0.2, 0.25) is 0 Å². The number of ketones is 1. The van der Waals surface area contributed by atoms with Crippen molar-refractivity contribution in [2.24, 2.45) is 0 Å². The van der Waals surface area contributed by atoms with Gasteiger partial charge in [0.15, 0.2) is 5.78 Å². The van der Waals surface area contributed by atoms with E-state index in [9.17, 15) is 4.79 Å². The van der Waals surface area contributed by atoms with Gasteiger partial charge in [0.05, 0.1) is 22.4 Å². The summed E-state index contributed by atoms with van der Waals surface area (Å²) in [4.78, 5) is 22.7. The number of fused-ring (bicyclic) bond motifs is 1. The third kappa shape index (κ3) is 3.99. The van der Waals surface area contributed by atoms with Crippen molar-refractivity contribution in [1.82, 2.24) is 9.97 Å². The minimum Gasteiger partial charge on any atom is -0.294 e. The maximum Gasteiger partial charge on any atom is 0.167 e. The topological polar surface area (TPSA) is 42.9 Å². The van der Waals surface area contributed by atoms with Crippen LogP contribution in [0.15, 0.2) is 109 Å². The minimum atomic E-state index is 0.0725. The molecule has 0 aliphatic carbocycles. The molecule has 0 aliphatic heterocycles. The molecule has 0 aliphatic rings. The second-order valence-corrected chi connectivity index (χ2v) is 7.44. The Balaban J connectivity index is 1.61. The monoisotopic (exact) mass is 400 g/mol. The van der Waals surface area contributed by atoms with Crippen molar-refractivity contribution in [3.8, 4) is 22.5 Å². The lowest BCUT2D eigenvalue weighted by atomic mass is 10.0. The highest BCUT2D eigenvalue weighted by Gasteiger charge is 2.15. The van der Waals surface area contributed by atoms with Crippen LogP contribution in [-0.4, -0.2) is 15.8 Å². The molecule has 1 aromatic heterocycles. The van der Waals surface area contributed by atoms with Crippen molar-refractivity contribution in [3.05, 3.63) is 120 Å². The molecular weight excluding hydrogens is 380 g/mol. The van der Waals surface area contributed by atoms with E-state index in [0.717, 1.165) is 39.1 Å². The van der Waals surface area contributed by atoms with Gasteiger partial charge in [-0.1, -0.05) is 91.0 Å². The molecule has 0 N–H and O–H groups in total. The fraction of sp³-hybridized carbons (Fsp3) is 0.0357. The van der Waals surface area contributed by atoms with Gasteiger partial charge in [0, 0.05) is 23.1 Å². The highest BCUT2D eigenvalue weighted by Crippen LogP contribution is 2.31. The van der Waals surface area contributed by atoms with Crippen molar-refractivity contribution >= 4 is 16.8 Å². The summed E-state index contributed by atoms with van der Waals surface area (Å²) in [5.41, 5.74) is 6.80. The van der Waals surface area contributed by atoms with Gasteiger partial charge in [-0.15, -0.1) is 0 Å². The zero-order valence-corrected chi connectivity index (χ0v) is 16.9. The molecule has 0 amide bonds. The Morgan fingerprint density at radius 2 is 1.10 bits per heavy atom. The quantitative estimate of drug-likeness (QED) is 0.321. The molecule has 148 valence electrons. The van der Waals surface area contributed by atoms with Crippen LogP contribution in [0.4, 0.5) is 0 Å². The molecule has 5 rings (SSSR count). The number of hydrogen-bond donors (Lipinski definition) is 0. The average molecular weight is 400 g/mol. The Morgan fingerprint density at radius 1 is 0.581 bits per heavy atom. The van der Waals surface area contributed by atoms with Gasteiger partial charge in [0.1, 0.15) is 0 Å². The summed E-state index contributed by atoms with van der Waals surface area (Å²) in [5.74, 6) is 0.0725. The molecule has 0 spiro atoms. The number of nitrogens with zero attached hydrogens (tertiary/aromatic N) is 2. The number of carbonyl (C=O) groups excluding carboxylic acids is 1. The van der Waals surface area contributed by atoms with E-state index in [1.165, 1.54) is 0 Å². The summed E-state index contributed by atoms with van der Waals surface area (Å²) in [7, 11) is 0. The predicted octanol–water partition coefficient (Wildman–Crippen LogP) is 6.39. The molecular formula is C28H20N2O. The first-order chi connectivity index (χ1) is 15.3. The predicted molar refractivity (Wildman–Crippen MR) is 125 cm³/mol. The van der Waals surface area contributed by atoms with E-state index in [0.29, 0.717) is 12.0 Å². The van der Waals surface area contributed by atoms with Gasteiger partial charge in [-0.25, -0.2) is 9.97 Å². The summed E-state index contributed by atoms with van der Waals surface area (Å²) in [6.07, 6.45) is 0.368. The van der Waals surface area contributed by atoms with E-state index >= 15 is 0 Å². The van der Waals surface area contributed by atoms with Gasteiger partial charge >= 0.3 is 0 Å². The molecule has 0 fully saturated rings. The van der Waals surface area contributed by atoms with Crippen molar-refractivity contribution in [3.63, 3.8) is 0 Å². The van der Waals surface area contributed by atoms with Gasteiger partial charge in [-0.2, -0.15) is 0 Å². The first-order valence-electron chi connectivity index (χ1n) is 10.3. The average Bonchev–Trinajstić information content (AvgIpc) is 2.84. The first kappa shape index (κ1) is 18.9. The normalized spacial score (nSPS) is 10.8. The molecule has 1 heterocycles. The van der Waals surface area contributed by atoms with Crippen LogP contribution in [0.1, 0.15) is 15.9 Å². The molecule has 31 heavy (non-hydrogen) atoms. The van der Waals surface area contributed by atoms with E-state index in [-0.39, 0.29) is 5.78 Å². The number of aromatic nitrogens is 2. The summed E-state index contributed by atoms with van der Waals surface area (Å²) >= 11 is 0. The summed E-state index contributed by atoms with van der Waals surface area (Å²) in [6.45, 7) is 0. The van der Waals surface area contributed by atoms with E-state index in [2.05, 4.69) is 0 Å². The van der Waals surface area contributed by atoms with E-state index in [1.54, 1.807) is 0 Å². The number of carbonyl (C=O) groups is 1. The number of rotatable bonds is 5. The fourth-order valence-corrected chi connectivity index (χ4v) is 3.71. The molecule has 0 saturated heterocycles. The van der Waals surface area contributed by atoms with E-state index in [4.69, 9.17) is 9.97 Å². The third-order valence-corrected chi connectivity index (χ3v) is 5.29. The van der Waals surface area contributed by atoms with Crippen LogP contribution in [0.2, 0.25) is 0 Å². The fourth-order valence-electron chi connectivity index (χ4n) is 3.71. The molecule has 4 aromatic carbocycles. The van der Waals surface area contributed by atoms with Crippen LogP contribution in [-0.2, 0) is 6.42 Å². The summed E-state index contributed by atoms with van der Waals surface area (Å²) in [6, 6.07) is 35.5. The second kappa shape index (κ2) is 8.33. The van der Waals surface area contributed by atoms with E-state index < -0.39 is 0 Å². The maximum atomic E-state index is 12.9. The number of Topliss-reactive ketones (excluding diaryl/α,β-unsaturated/α-hetero) is 1. The zero-order chi connectivity index (χ0) is 21.0. The Morgan fingerprint density at radius 3 is 1.68 bits per heavy atom. The third-order valence-electron chi connectivity index (χ3n) is 5.29. The Bertz CT molecular complexity index is 1350. The standard InChI is InChI=1S/C28H20N2O/c31-26(18-20-10-4-1-5-11-20)23-16-17-24-25(19-23)30-28(22-14-8-3-9-15-22)27(29-24)21-12-6-2-7-13-21/h1-17,19H,18H2. The van der Waals surface area contributed by atoms with Gasteiger partial charge < -0.3 is 0 Å². The summed E-state index contributed by atoms with van der Waals surface area (Å²) in [5, 5.41) is 0. The van der Waals surface area contributed by atoms with Crippen LogP contribution in [0.5, 0.6) is 0 Å². The highest BCUT2D eigenvalue weighted by molar-refractivity contribution is 6.00. The van der Waals surface area contributed by atoms with Crippen LogP contribution in [0.3, 0.4) is 0 Å². The Labute approximate surface area is 181 Å². The zero-order valence-electron chi connectivity index (χ0n) is 16.9. The molecule has 3 nitrogen and oxygen atoms in total. The molecule has 0 bridgehead atoms. The SMILES string of the molecule is O=C(Cc1ccccc1)c1ccc2nc(-c3ccccc3)c(-c3ccccc3)nc2c1. The lowest BCUT2D eigenvalue weighted by Gasteiger charge is -2.11. The first-order valence-corrected chi connectivity index (χ1v) is 10.3. The van der Waals surface area contributed by atoms with Crippen LogP contribution >= 0.6 is 0 Å². The summed E-state index contributed by atoms with van der Waals surface area (Å²) < 4.78 is 0. The Hall–Kier alpha value is -4.11. The van der Waals surface area contributed by atoms with Crippen molar-refractivity contribution < 1.29 is 4.79 Å². The Kier molecular flexibility index (Phi) is 5.07. The van der Waals surface area contributed by atoms with Crippen LogP contribution in [0.25, 0.3) is 33.5 Å². The van der Waals surface area contributed by atoms with Crippen LogP contribution in [0, 0.1) is 0 Å². The molecule has 0 radical (unpaired) electrons. The highest BCUT2D eigenvalue weighted by atomic mass is 16.1. The lowest BCUT2D eigenvalue weighted by Crippen LogP contribution is -2.04. The van der Waals surface area contributed by atoms with Gasteiger partial charge in [-0.05, 0) is 23.8 Å². The van der Waals surface area contributed by atoms with Crippen molar-refractivity contribution in [2.45, 2.75) is 6.42 Å². The molecule has 5 aromatic rings. The molecule has 3 heteroatoms.